The molecule has 0 amide bonds. The zero-order valence-electron chi connectivity index (χ0n) is 23.1. The number of carbonyl (C=O) groups excluding carboxylic acids is 2. The lowest BCUT2D eigenvalue weighted by Gasteiger charge is -2.21. The summed E-state index contributed by atoms with van der Waals surface area (Å²) in [7, 11) is -3.50. The third kappa shape index (κ3) is 10.5. The summed E-state index contributed by atoms with van der Waals surface area (Å²) in [6.07, 6.45) is 4.83. The maximum absolute atomic E-state index is 13.0. The van der Waals surface area contributed by atoms with Crippen LogP contribution in [0.5, 0.6) is 11.5 Å². The van der Waals surface area contributed by atoms with Gasteiger partial charge in [0, 0.05) is 17.7 Å². The van der Waals surface area contributed by atoms with Crippen LogP contribution in [0.1, 0.15) is 40.4 Å². The average molecular weight is 678 g/mol. The van der Waals surface area contributed by atoms with Gasteiger partial charge in [-0.1, -0.05) is 29.3 Å². The van der Waals surface area contributed by atoms with E-state index in [9.17, 15) is 26.8 Å². The number of anilines is 1. The molecule has 1 aliphatic rings. The first-order valence-electron chi connectivity index (χ1n) is 12.9. The van der Waals surface area contributed by atoms with Crippen molar-refractivity contribution in [3.63, 3.8) is 0 Å². The van der Waals surface area contributed by atoms with Gasteiger partial charge in [-0.3, -0.25) is 4.72 Å². The topological polar surface area (TPSA) is 161 Å². The number of rotatable bonds is 14. The van der Waals surface area contributed by atoms with Crippen molar-refractivity contribution in [2.24, 2.45) is 5.92 Å². The van der Waals surface area contributed by atoms with E-state index in [-0.39, 0.29) is 44.7 Å². The molecule has 2 aromatic carbocycles. The first-order chi connectivity index (χ1) is 20.4. The molecule has 1 aromatic heterocycles. The number of hydrogen-bond donors (Lipinski definition) is 1. The number of nitrogens with one attached hydrogen (secondary N) is 2. The van der Waals surface area contributed by atoms with Crippen LogP contribution in [0.4, 0.5) is 14.5 Å². The van der Waals surface area contributed by atoms with Gasteiger partial charge in [0.2, 0.25) is 10.0 Å². The molecule has 1 saturated carbocycles. The molecule has 0 unspecified atom stereocenters. The van der Waals surface area contributed by atoms with Gasteiger partial charge in [0.1, 0.15) is 16.1 Å². The summed E-state index contributed by atoms with van der Waals surface area (Å²) < 4.78 is 72.2. The summed E-state index contributed by atoms with van der Waals surface area (Å²) in [5.74, 6) is -1.59. The van der Waals surface area contributed by atoms with Gasteiger partial charge in [0.15, 0.2) is 30.5 Å². The van der Waals surface area contributed by atoms with Gasteiger partial charge in [0.05, 0.1) is 18.4 Å². The highest BCUT2D eigenvalue weighted by Crippen LogP contribution is 2.37. The fraction of sp³-hybridized carbons (Fsp3) is 0.321. The largest absolute Gasteiger partial charge is 0.870 e. The van der Waals surface area contributed by atoms with Crippen LogP contribution in [0, 0.1) is 5.92 Å². The standard InChI is InChI=1S/C28H26Cl2F2N2O8S.H2O/c1-43(37,38)34-19-7-4-17(5-8-19)27(36)40-15-26(35)41-24(11-20-21(29)12-33-13-22(20)30)18-6-9-23(42-28(31)32)25(10-18)39-14-16-2-3-16;/h4-10,12-13,16,24,28,34H,2-3,11,14-15H2,1H3;1H2/t24-;/m0./s1. The Labute approximate surface area is 261 Å². The highest BCUT2D eigenvalue weighted by Gasteiger charge is 2.26. The van der Waals surface area contributed by atoms with Crippen LogP contribution in [-0.4, -0.2) is 51.9 Å². The number of aromatic nitrogens is 1. The molecule has 0 spiro atoms. The van der Waals surface area contributed by atoms with Crippen LogP contribution in [0.2, 0.25) is 10.0 Å². The van der Waals surface area contributed by atoms with E-state index in [4.69, 9.17) is 37.4 Å². The van der Waals surface area contributed by atoms with Gasteiger partial charge in [-0.05, 0) is 60.7 Å². The molecule has 3 aromatic rings. The highest BCUT2D eigenvalue weighted by molar-refractivity contribution is 7.92. The lowest BCUT2D eigenvalue weighted by molar-refractivity contribution is -0.377. The van der Waals surface area contributed by atoms with E-state index in [1.807, 2.05) is 0 Å². The Balaban J connectivity index is 0.00000529. The molecule has 16 heteroatoms. The minimum Gasteiger partial charge on any atom is -0.870 e. The second-order valence-electron chi connectivity index (χ2n) is 9.68. The zero-order valence-corrected chi connectivity index (χ0v) is 25.4. The average Bonchev–Trinajstić information content (AvgIpc) is 3.76. The van der Waals surface area contributed by atoms with Crippen molar-refractivity contribution in [2.75, 3.05) is 24.2 Å². The molecular formula is C28H28Cl2F2N2O9S. The number of alkyl halides is 2. The van der Waals surface area contributed by atoms with E-state index in [1.54, 1.807) is 0 Å². The summed E-state index contributed by atoms with van der Waals surface area (Å²) in [4.78, 5) is 28.1. The van der Waals surface area contributed by atoms with Gasteiger partial charge >= 0.3 is 18.6 Å². The molecule has 0 aliphatic heterocycles. The first-order valence-corrected chi connectivity index (χ1v) is 15.5. The molecule has 4 rings (SSSR count). The van der Waals surface area contributed by atoms with Crippen molar-refractivity contribution in [1.29, 1.82) is 0 Å². The monoisotopic (exact) mass is 676 g/mol. The molecule has 1 heterocycles. The summed E-state index contributed by atoms with van der Waals surface area (Å²) >= 11 is 12.7. The van der Waals surface area contributed by atoms with Crippen molar-refractivity contribution in [3.05, 3.63) is 81.6 Å². The highest BCUT2D eigenvalue weighted by atomic mass is 35.5. The van der Waals surface area contributed by atoms with Crippen LogP contribution in [0.15, 0.2) is 54.9 Å². The zero-order chi connectivity index (χ0) is 31.1. The van der Waals surface area contributed by atoms with Crippen LogP contribution < -0.4 is 19.2 Å². The molecule has 44 heavy (non-hydrogen) atoms. The van der Waals surface area contributed by atoms with E-state index in [0.29, 0.717) is 23.7 Å². The van der Waals surface area contributed by atoms with Crippen molar-refractivity contribution in [3.8, 4) is 11.5 Å². The molecule has 11 nitrogen and oxygen atoms in total. The molecule has 3 N–H and O–H groups in total. The van der Waals surface area contributed by atoms with Crippen molar-refractivity contribution in [1.82, 2.24) is 0 Å². The van der Waals surface area contributed by atoms with E-state index in [1.165, 1.54) is 54.9 Å². The van der Waals surface area contributed by atoms with Gasteiger partial charge in [-0.2, -0.15) is 8.78 Å². The minimum absolute atomic E-state index is 0. The van der Waals surface area contributed by atoms with E-state index in [0.717, 1.165) is 19.1 Å². The molecule has 0 radical (unpaired) electrons. The maximum Gasteiger partial charge on any atom is 0.387 e. The Kier molecular flexibility index (Phi) is 12.1. The van der Waals surface area contributed by atoms with Crippen LogP contribution in [-0.2, 0) is 30.7 Å². The van der Waals surface area contributed by atoms with Crippen LogP contribution in [0.3, 0.4) is 0 Å². The number of H-pyrrole nitrogens is 1. The summed E-state index contributed by atoms with van der Waals surface area (Å²) in [6.45, 7) is -3.54. The number of halogens is 4. The smallest absolute Gasteiger partial charge is 0.387 e. The summed E-state index contributed by atoms with van der Waals surface area (Å²) in [6, 6.07) is 9.54. The Bertz CT molecular complexity index is 1550. The number of ether oxygens (including phenoxy) is 4. The first kappa shape index (κ1) is 34.8. The van der Waals surface area contributed by atoms with Crippen molar-refractivity contribution >= 4 is 50.9 Å². The summed E-state index contributed by atoms with van der Waals surface area (Å²) in [5.41, 5.74) is 1.10. The molecule has 1 aliphatic carbocycles. The normalized spacial score (nSPS) is 13.4. The summed E-state index contributed by atoms with van der Waals surface area (Å²) in [5, 5.41) is 0.522. The van der Waals surface area contributed by atoms with Crippen molar-refractivity contribution < 1.29 is 56.2 Å². The van der Waals surface area contributed by atoms with Gasteiger partial charge in [-0.25, -0.2) is 23.0 Å². The quantitative estimate of drug-likeness (QED) is 0.230. The Morgan fingerprint density at radius 2 is 1.70 bits per heavy atom. The third-order valence-corrected chi connectivity index (χ3v) is 7.41. The fourth-order valence-corrected chi connectivity index (χ4v) is 4.99. The number of esters is 2. The van der Waals surface area contributed by atoms with E-state index >= 15 is 0 Å². The minimum atomic E-state index is -3.50. The maximum atomic E-state index is 13.0. The fourth-order valence-electron chi connectivity index (χ4n) is 3.90. The Morgan fingerprint density at radius 3 is 2.30 bits per heavy atom. The SMILES string of the molecule is CS(=O)(=O)Nc1ccc(C(=O)OCC(=O)O[C@@H](Cc2c(Cl)c[nH+]cc2Cl)c2ccc(OC(F)F)c(OCC3CC3)c2)cc1.[OH-]. The molecular weight excluding hydrogens is 649 g/mol. The number of benzene rings is 2. The van der Waals surface area contributed by atoms with Gasteiger partial charge < -0.3 is 24.4 Å². The predicted octanol–water partition coefficient (Wildman–Crippen LogP) is 5.08. The lowest BCUT2D eigenvalue weighted by atomic mass is 10.0. The van der Waals surface area contributed by atoms with Gasteiger partial charge in [-0.15, -0.1) is 0 Å². The third-order valence-electron chi connectivity index (χ3n) is 6.13. The molecule has 1 atom stereocenters. The molecule has 0 bridgehead atoms. The van der Waals surface area contributed by atoms with Gasteiger partial charge in [0.25, 0.3) is 0 Å². The van der Waals surface area contributed by atoms with E-state index in [2.05, 4.69) is 14.4 Å². The number of aromatic amines is 1. The molecule has 1 fully saturated rings. The number of sulfonamides is 1. The predicted molar refractivity (Wildman–Crippen MR) is 154 cm³/mol. The lowest BCUT2D eigenvalue weighted by Crippen LogP contribution is -2.21. The second kappa shape index (κ2) is 15.3. The molecule has 238 valence electrons. The number of carbonyl (C=O) groups is 2. The van der Waals surface area contributed by atoms with Crippen LogP contribution >= 0.6 is 23.2 Å². The number of hydrogen-bond acceptors (Lipinski definition) is 9. The van der Waals surface area contributed by atoms with Crippen molar-refractivity contribution in [2.45, 2.75) is 32.0 Å². The Morgan fingerprint density at radius 1 is 1.05 bits per heavy atom. The second-order valence-corrected chi connectivity index (χ2v) is 12.2. The Hall–Kier alpha value is -3.72. The molecule has 0 saturated heterocycles. The van der Waals surface area contributed by atoms with Crippen LogP contribution in [0.25, 0.3) is 0 Å². The number of pyridine rings is 1. The van der Waals surface area contributed by atoms with E-state index < -0.39 is 41.3 Å².